The molecule has 0 aliphatic heterocycles. The van der Waals surface area contributed by atoms with Gasteiger partial charge < -0.3 is 19.5 Å². The number of amides is 2. The van der Waals surface area contributed by atoms with Crippen LogP contribution in [-0.2, 0) is 13.0 Å². The SMILES string of the molecule is Cc1cc(C)cc(OCc2nc(CCN(C)C(=O)NC3CCCCC3)no2)c1. The molecule has 0 atom stereocenters. The minimum absolute atomic E-state index is 0.0335. The number of hydrogen-bond donors (Lipinski definition) is 1. The van der Waals surface area contributed by atoms with E-state index in [-0.39, 0.29) is 12.6 Å². The van der Waals surface area contributed by atoms with Crippen molar-refractivity contribution in [1.82, 2.24) is 20.4 Å². The van der Waals surface area contributed by atoms with Gasteiger partial charge in [-0.25, -0.2) is 4.79 Å². The molecule has 152 valence electrons. The first-order valence-electron chi connectivity index (χ1n) is 10.0. The summed E-state index contributed by atoms with van der Waals surface area (Å²) in [7, 11) is 1.79. The molecule has 1 N–H and O–H groups in total. The molecule has 0 bridgehead atoms. The van der Waals surface area contributed by atoms with E-state index in [0.717, 1.165) is 29.7 Å². The van der Waals surface area contributed by atoms with E-state index in [4.69, 9.17) is 9.26 Å². The van der Waals surface area contributed by atoms with Gasteiger partial charge in [0, 0.05) is 26.1 Å². The fourth-order valence-corrected chi connectivity index (χ4v) is 3.51. The van der Waals surface area contributed by atoms with Crippen molar-refractivity contribution in [3.05, 3.63) is 41.0 Å². The van der Waals surface area contributed by atoms with Crippen LogP contribution in [0.4, 0.5) is 4.79 Å². The van der Waals surface area contributed by atoms with Crippen LogP contribution >= 0.6 is 0 Å². The van der Waals surface area contributed by atoms with Crippen LogP contribution in [0.3, 0.4) is 0 Å². The molecule has 2 amide bonds. The van der Waals surface area contributed by atoms with E-state index in [9.17, 15) is 4.79 Å². The smallest absolute Gasteiger partial charge is 0.317 e. The van der Waals surface area contributed by atoms with Crippen molar-refractivity contribution in [2.45, 2.75) is 65.0 Å². The predicted molar refractivity (Wildman–Crippen MR) is 106 cm³/mol. The van der Waals surface area contributed by atoms with E-state index >= 15 is 0 Å². The Hall–Kier alpha value is -2.57. The molecule has 0 saturated heterocycles. The molecule has 3 rings (SSSR count). The summed E-state index contributed by atoms with van der Waals surface area (Å²) in [6.45, 7) is 4.83. The molecule has 7 heteroatoms. The Morgan fingerprint density at radius 3 is 2.64 bits per heavy atom. The normalized spacial score (nSPS) is 14.7. The average Bonchev–Trinajstić information content (AvgIpc) is 3.12. The van der Waals surface area contributed by atoms with Crippen LogP contribution in [0.1, 0.15) is 54.9 Å². The van der Waals surface area contributed by atoms with E-state index < -0.39 is 0 Å². The lowest BCUT2D eigenvalue weighted by atomic mass is 9.96. The lowest BCUT2D eigenvalue weighted by molar-refractivity contribution is 0.200. The van der Waals surface area contributed by atoms with Crippen LogP contribution in [0.2, 0.25) is 0 Å². The number of carbonyl (C=O) groups is 1. The third kappa shape index (κ3) is 5.97. The van der Waals surface area contributed by atoms with E-state index in [1.807, 2.05) is 26.0 Å². The van der Waals surface area contributed by atoms with Crippen molar-refractivity contribution >= 4 is 6.03 Å². The van der Waals surface area contributed by atoms with Crippen LogP contribution in [0.15, 0.2) is 22.7 Å². The Morgan fingerprint density at radius 2 is 1.93 bits per heavy atom. The molecule has 28 heavy (non-hydrogen) atoms. The second kappa shape index (κ2) is 9.57. The molecule has 0 radical (unpaired) electrons. The summed E-state index contributed by atoms with van der Waals surface area (Å²) in [6, 6.07) is 6.32. The number of benzene rings is 1. The van der Waals surface area contributed by atoms with Gasteiger partial charge in [0.25, 0.3) is 5.89 Å². The standard InChI is InChI=1S/C21H30N4O3/c1-15-11-16(2)13-18(12-15)27-14-20-23-19(24-28-20)9-10-25(3)21(26)22-17-7-5-4-6-8-17/h11-13,17H,4-10,14H2,1-3H3,(H,22,26). The summed E-state index contributed by atoms with van der Waals surface area (Å²) in [5, 5.41) is 7.10. The fourth-order valence-electron chi connectivity index (χ4n) is 3.51. The number of hydrogen-bond acceptors (Lipinski definition) is 5. The lowest BCUT2D eigenvalue weighted by Gasteiger charge is -2.26. The summed E-state index contributed by atoms with van der Waals surface area (Å²) in [6.07, 6.45) is 6.37. The second-order valence-electron chi connectivity index (χ2n) is 7.67. The average molecular weight is 386 g/mol. The minimum Gasteiger partial charge on any atom is -0.484 e. The van der Waals surface area contributed by atoms with E-state index in [1.165, 1.54) is 19.3 Å². The Bertz CT molecular complexity index is 763. The maximum atomic E-state index is 12.3. The number of urea groups is 1. The summed E-state index contributed by atoms with van der Waals surface area (Å²) in [4.78, 5) is 18.3. The first-order chi connectivity index (χ1) is 13.5. The zero-order valence-electron chi connectivity index (χ0n) is 17.0. The number of rotatable bonds is 7. The topological polar surface area (TPSA) is 80.5 Å². The highest BCUT2D eigenvalue weighted by Gasteiger charge is 2.18. The monoisotopic (exact) mass is 386 g/mol. The largest absolute Gasteiger partial charge is 0.484 e. The molecular weight excluding hydrogens is 356 g/mol. The third-order valence-electron chi connectivity index (χ3n) is 5.02. The zero-order valence-corrected chi connectivity index (χ0v) is 17.0. The van der Waals surface area contributed by atoms with Gasteiger partial charge >= 0.3 is 6.03 Å². The zero-order chi connectivity index (χ0) is 19.9. The van der Waals surface area contributed by atoms with Crippen molar-refractivity contribution in [3.63, 3.8) is 0 Å². The molecule has 0 spiro atoms. The van der Waals surface area contributed by atoms with Crippen LogP contribution in [0.25, 0.3) is 0 Å². The number of aromatic nitrogens is 2. The molecule has 7 nitrogen and oxygen atoms in total. The Labute approximate surface area is 166 Å². The molecule has 1 saturated carbocycles. The molecule has 1 heterocycles. The van der Waals surface area contributed by atoms with Gasteiger partial charge in [-0.15, -0.1) is 0 Å². The van der Waals surface area contributed by atoms with Crippen molar-refractivity contribution < 1.29 is 14.1 Å². The van der Waals surface area contributed by atoms with Gasteiger partial charge in [0.05, 0.1) is 0 Å². The molecule has 1 aliphatic carbocycles. The maximum absolute atomic E-state index is 12.3. The molecule has 1 aromatic heterocycles. The van der Waals surface area contributed by atoms with Crippen LogP contribution < -0.4 is 10.1 Å². The van der Waals surface area contributed by atoms with Gasteiger partial charge in [-0.1, -0.05) is 30.5 Å². The first kappa shape index (κ1) is 20.2. The van der Waals surface area contributed by atoms with Crippen molar-refractivity contribution in [2.24, 2.45) is 0 Å². The molecule has 0 unspecified atom stereocenters. The van der Waals surface area contributed by atoms with Gasteiger partial charge in [0.1, 0.15) is 5.75 Å². The lowest BCUT2D eigenvalue weighted by Crippen LogP contribution is -2.44. The fraction of sp³-hybridized carbons (Fsp3) is 0.571. The molecule has 1 fully saturated rings. The van der Waals surface area contributed by atoms with Gasteiger partial charge in [0.2, 0.25) is 0 Å². The molecular formula is C21H30N4O3. The molecule has 2 aromatic rings. The number of aryl methyl sites for hydroxylation is 2. The minimum atomic E-state index is -0.0335. The summed E-state index contributed by atoms with van der Waals surface area (Å²) >= 11 is 0. The maximum Gasteiger partial charge on any atom is 0.317 e. The quantitative estimate of drug-likeness (QED) is 0.783. The predicted octanol–water partition coefficient (Wildman–Crippen LogP) is 3.78. The highest BCUT2D eigenvalue weighted by Crippen LogP contribution is 2.18. The highest BCUT2D eigenvalue weighted by atomic mass is 16.5. The van der Waals surface area contributed by atoms with Crippen molar-refractivity contribution in [1.29, 1.82) is 0 Å². The van der Waals surface area contributed by atoms with Gasteiger partial charge in [-0.2, -0.15) is 4.98 Å². The Morgan fingerprint density at radius 1 is 1.21 bits per heavy atom. The van der Waals surface area contributed by atoms with Crippen LogP contribution in [0, 0.1) is 13.8 Å². The second-order valence-corrected chi connectivity index (χ2v) is 7.67. The first-order valence-corrected chi connectivity index (χ1v) is 10.0. The number of nitrogens with one attached hydrogen (secondary N) is 1. The Balaban J connectivity index is 1.43. The van der Waals surface area contributed by atoms with Gasteiger partial charge in [-0.05, 0) is 49.9 Å². The van der Waals surface area contributed by atoms with Gasteiger partial charge in [0.15, 0.2) is 12.4 Å². The molecule has 1 aliphatic rings. The van der Waals surface area contributed by atoms with E-state index in [0.29, 0.717) is 30.7 Å². The van der Waals surface area contributed by atoms with Crippen LogP contribution in [0.5, 0.6) is 5.75 Å². The summed E-state index contributed by atoms with van der Waals surface area (Å²) in [5.74, 6) is 1.80. The summed E-state index contributed by atoms with van der Waals surface area (Å²) < 4.78 is 11.0. The number of nitrogens with zero attached hydrogens (tertiary/aromatic N) is 3. The number of ether oxygens (including phenoxy) is 1. The third-order valence-corrected chi connectivity index (χ3v) is 5.02. The van der Waals surface area contributed by atoms with Crippen molar-refractivity contribution in [3.8, 4) is 5.75 Å². The summed E-state index contributed by atoms with van der Waals surface area (Å²) in [5.41, 5.74) is 2.30. The highest BCUT2D eigenvalue weighted by molar-refractivity contribution is 5.74. The number of carbonyl (C=O) groups excluding carboxylic acids is 1. The number of likely N-dealkylation sites (N-methyl/N-ethyl adjacent to an activating group) is 1. The van der Waals surface area contributed by atoms with Crippen molar-refractivity contribution in [2.75, 3.05) is 13.6 Å². The van der Waals surface area contributed by atoms with E-state index in [1.54, 1.807) is 11.9 Å². The van der Waals surface area contributed by atoms with Crippen LogP contribution in [-0.4, -0.2) is 40.7 Å². The Kier molecular flexibility index (Phi) is 6.90. The molecule has 1 aromatic carbocycles. The van der Waals surface area contributed by atoms with E-state index in [2.05, 4.69) is 21.5 Å². The van der Waals surface area contributed by atoms with Gasteiger partial charge in [-0.3, -0.25) is 0 Å².